The number of hydrogen-bond donors (Lipinski definition) is 6. The smallest absolute Gasteiger partial charge is 0.408 e. The quantitative estimate of drug-likeness (QED) is 0.122. The van der Waals surface area contributed by atoms with Crippen molar-refractivity contribution in [3.63, 3.8) is 0 Å². The molecule has 0 saturated carbocycles. The summed E-state index contributed by atoms with van der Waals surface area (Å²) < 4.78 is 10.3. The molecule has 0 saturated heterocycles. The number of rotatable bonds is 16. The van der Waals surface area contributed by atoms with Gasteiger partial charge in [0.25, 0.3) is 0 Å². The van der Waals surface area contributed by atoms with Crippen molar-refractivity contribution in [3.8, 4) is 0 Å². The molecule has 3 atom stereocenters. The Bertz CT molecular complexity index is 1660. The highest BCUT2D eigenvalue weighted by atomic mass is 16.5. The van der Waals surface area contributed by atoms with Gasteiger partial charge < -0.3 is 40.6 Å². The molecule has 0 bridgehead atoms. The first-order chi connectivity index (χ1) is 22.3. The predicted molar refractivity (Wildman–Crippen MR) is 166 cm³/mol. The van der Waals surface area contributed by atoms with Crippen molar-refractivity contribution in [3.05, 3.63) is 82.2 Å². The second kappa shape index (κ2) is 17.1. The molecule has 1 aromatic heterocycles. The Labute approximate surface area is 268 Å². The molecule has 1 heterocycles. The van der Waals surface area contributed by atoms with Gasteiger partial charge in [-0.05, 0) is 35.6 Å². The lowest BCUT2D eigenvalue weighted by Crippen LogP contribution is -2.58. The molecule has 2 aromatic carbocycles. The second-order valence-corrected chi connectivity index (χ2v) is 10.9. The Kier molecular flexibility index (Phi) is 13.0. The highest BCUT2D eigenvalue weighted by Crippen LogP contribution is 2.14. The van der Waals surface area contributed by atoms with E-state index in [1.165, 1.54) is 6.07 Å². The molecule has 4 amide bonds. The van der Waals surface area contributed by atoms with Crippen LogP contribution in [0.1, 0.15) is 44.2 Å². The molecule has 15 heteroatoms. The third-order valence-corrected chi connectivity index (χ3v) is 6.88. The molecule has 0 unspecified atom stereocenters. The summed E-state index contributed by atoms with van der Waals surface area (Å²) in [7, 11) is 0. The number of carboxylic acid groups (broad SMARTS) is 2. The van der Waals surface area contributed by atoms with Crippen LogP contribution in [-0.2, 0) is 41.9 Å². The molecular weight excluding hydrogens is 616 g/mol. The number of ether oxygens (including phenoxy) is 1. The summed E-state index contributed by atoms with van der Waals surface area (Å²) in [6.07, 6.45) is -2.58. The molecule has 0 fully saturated rings. The summed E-state index contributed by atoms with van der Waals surface area (Å²) in [5.74, 6) is -5.78. The maximum Gasteiger partial charge on any atom is 0.408 e. The normalized spacial score (nSPS) is 12.7. The number of carboxylic acids is 2. The number of amides is 4. The van der Waals surface area contributed by atoms with Crippen LogP contribution in [0.2, 0.25) is 0 Å². The first-order valence-corrected chi connectivity index (χ1v) is 14.6. The fraction of sp³-hybridized carbons (Fsp3) is 0.344. The van der Waals surface area contributed by atoms with Gasteiger partial charge in [0.1, 0.15) is 30.3 Å². The van der Waals surface area contributed by atoms with Crippen molar-refractivity contribution in [2.75, 3.05) is 0 Å². The van der Waals surface area contributed by atoms with E-state index in [9.17, 15) is 38.7 Å². The number of alkyl carbamates (subject to hydrolysis) is 1. The number of aliphatic carboxylic acids is 2. The summed E-state index contributed by atoms with van der Waals surface area (Å²) in [6.45, 7) is 2.98. The van der Waals surface area contributed by atoms with Crippen LogP contribution in [0.15, 0.2) is 69.9 Å². The minimum atomic E-state index is -1.54. The van der Waals surface area contributed by atoms with E-state index in [1.54, 1.807) is 68.4 Å². The van der Waals surface area contributed by atoms with Crippen LogP contribution >= 0.6 is 0 Å². The summed E-state index contributed by atoms with van der Waals surface area (Å²) in [5, 5.41) is 28.9. The van der Waals surface area contributed by atoms with Crippen LogP contribution in [0, 0.1) is 5.92 Å². The molecule has 15 nitrogen and oxygen atoms in total. The average Bonchev–Trinajstić information content (AvgIpc) is 3.02. The van der Waals surface area contributed by atoms with Gasteiger partial charge in [0.15, 0.2) is 0 Å². The summed E-state index contributed by atoms with van der Waals surface area (Å²) >= 11 is 0. The van der Waals surface area contributed by atoms with Gasteiger partial charge in [-0.2, -0.15) is 0 Å². The van der Waals surface area contributed by atoms with Gasteiger partial charge >= 0.3 is 23.7 Å². The van der Waals surface area contributed by atoms with E-state index in [0.29, 0.717) is 16.5 Å². The van der Waals surface area contributed by atoms with Crippen molar-refractivity contribution in [1.82, 2.24) is 21.3 Å². The topological polar surface area (TPSA) is 230 Å². The fourth-order valence-electron chi connectivity index (χ4n) is 4.41. The lowest BCUT2D eigenvalue weighted by molar-refractivity contribution is -0.141. The highest BCUT2D eigenvalue weighted by molar-refractivity contribution is 5.95. The van der Waals surface area contributed by atoms with Gasteiger partial charge in [-0.15, -0.1) is 0 Å². The number of carbonyl (C=O) groups excluding carboxylic acids is 4. The van der Waals surface area contributed by atoms with Gasteiger partial charge in [-0.25, -0.2) is 9.59 Å². The molecule has 3 aromatic rings. The van der Waals surface area contributed by atoms with Gasteiger partial charge in [-0.1, -0.05) is 56.3 Å². The first kappa shape index (κ1) is 35.7. The maximum absolute atomic E-state index is 13.3. The Morgan fingerprint density at radius 1 is 0.787 bits per heavy atom. The fourth-order valence-corrected chi connectivity index (χ4v) is 4.41. The molecule has 6 N–H and O–H groups in total. The van der Waals surface area contributed by atoms with Crippen LogP contribution in [0.4, 0.5) is 4.79 Å². The zero-order valence-electron chi connectivity index (χ0n) is 25.7. The minimum Gasteiger partial charge on any atom is -0.481 e. The van der Waals surface area contributed by atoms with Crippen LogP contribution in [-0.4, -0.2) is 64.1 Å². The summed E-state index contributed by atoms with van der Waals surface area (Å²) in [6, 6.07) is 12.2. The monoisotopic (exact) mass is 652 g/mol. The number of nitrogens with one attached hydrogen (secondary N) is 4. The van der Waals surface area contributed by atoms with Crippen LogP contribution in [0.5, 0.6) is 0 Å². The Morgan fingerprint density at radius 3 is 2.15 bits per heavy atom. The van der Waals surface area contributed by atoms with Crippen LogP contribution in [0.25, 0.3) is 11.0 Å². The van der Waals surface area contributed by atoms with E-state index in [-0.39, 0.29) is 25.2 Å². The predicted octanol–water partition coefficient (Wildman–Crippen LogP) is 1.67. The van der Waals surface area contributed by atoms with Crippen molar-refractivity contribution < 1.29 is 48.1 Å². The van der Waals surface area contributed by atoms with E-state index >= 15 is 0 Å². The van der Waals surface area contributed by atoms with E-state index < -0.39 is 78.3 Å². The Balaban J connectivity index is 1.67. The van der Waals surface area contributed by atoms with Crippen LogP contribution in [0.3, 0.4) is 0 Å². The SMILES string of the molecule is CC(C)[C@H](NC(=O)[C@H](CCC(=O)O)NC(=O)OCc1ccccc1)C(=O)N[C@@H](CC(=O)O)C(=O)NCc1ccc2ccc(=O)oc2c1. The molecular formula is C32H36N4O11. The zero-order chi connectivity index (χ0) is 34.5. The molecule has 47 heavy (non-hydrogen) atoms. The molecule has 0 aliphatic heterocycles. The lowest BCUT2D eigenvalue weighted by Gasteiger charge is -2.27. The van der Waals surface area contributed by atoms with Crippen molar-refractivity contribution in [2.24, 2.45) is 5.92 Å². The molecule has 3 rings (SSSR count). The molecule has 250 valence electrons. The summed E-state index contributed by atoms with van der Waals surface area (Å²) in [5.41, 5.74) is 0.948. The second-order valence-electron chi connectivity index (χ2n) is 10.9. The molecule has 0 aliphatic carbocycles. The zero-order valence-corrected chi connectivity index (χ0v) is 25.7. The Morgan fingerprint density at radius 2 is 1.49 bits per heavy atom. The van der Waals surface area contributed by atoms with Gasteiger partial charge in [-0.3, -0.25) is 24.0 Å². The van der Waals surface area contributed by atoms with E-state index in [0.717, 1.165) is 0 Å². The average molecular weight is 653 g/mol. The highest BCUT2D eigenvalue weighted by Gasteiger charge is 2.32. The van der Waals surface area contributed by atoms with Gasteiger partial charge in [0, 0.05) is 24.4 Å². The number of fused-ring (bicyclic) bond motifs is 1. The molecule has 0 radical (unpaired) electrons. The van der Waals surface area contributed by atoms with Gasteiger partial charge in [0.05, 0.1) is 6.42 Å². The van der Waals surface area contributed by atoms with Crippen molar-refractivity contribution in [1.29, 1.82) is 0 Å². The number of hydrogen-bond acceptors (Lipinski definition) is 9. The third kappa shape index (κ3) is 11.6. The van der Waals surface area contributed by atoms with Crippen molar-refractivity contribution in [2.45, 2.75) is 64.4 Å². The number of benzene rings is 2. The van der Waals surface area contributed by atoms with Crippen LogP contribution < -0.4 is 26.9 Å². The number of carbonyl (C=O) groups is 6. The van der Waals surface area contributed by atoms with Crippen molar-refractivity contribution >= 4 is 46.7 Å². The standard InChI is InChI=1S/C32H36N4O11/c1-18(2)28(36-30(43)22(11-12-25(37)38)35-32(45)46-17-19-6-4-3-5-7-19)31(44)34-23(15-26(39)40)29(42)33-16-20-8-9-21-10-13-27(41)47-24(21)14-20/h3-10,13-14,18,22-23,28H,11-12,15-17H2,1-2H3,(H,33,42)(H,34,44)(H,35,45)(H,36,43)(H,37,38)(H,39,40)/t22-,23-,28-/m0/s1. The minimum absolute atomic E-state index is 0.0823. The largest absolute Gasteiger partial charge is 0.481 e. The van der Waals surface area contributed by atoms with E-state index in [1.807, 2.05) is 0 Å². The Hall–Kier alpha value is -5.73. The van der Waals surface area contributed by atoms with Gasteiger partial charge in [0.2, 0.25) is 17.7 Å². The lowest BCUT2D eigenvalue weighted by atomic mass is 10.0. The summed E-state index contributed by atoms with van der Waals surface area (Å²) in [4.78, 5) is 86.2. The molecule has 0 spiro atoms. The maximum atomic E-state index is 13.3. The third-order valence-electron chi connectivity index (χ3n) is 6.88. The van der Waals surface area contributed by atoms with E-state index in [2.05, 4.69) is 21.3 Å². The van der Waals surface area contributed by atoms with E-state index in [4.69, 9.17) is 14.3 Å². The first-order valence-electron chi connectivity index (χ1n) is 14.6. The molecule has 0 aliphatic rings.